The summed E-state index contributed by atoms with van der Waals surface area (Å²) in [5.74, 6) is 2.04. The maximum atomic E-state index is 12.9. The molecule has 0 saturated carbocycles. The predicted octanol–water partition coefficient (Wildman–Crippen LogP) is 4.34. The normalized spacial score (nSPS) is 14.2. The van der Waals surface area contributed by atoms with Crippen molar-refractivity contribution in [3.05, 3.63) is 48.7 Å². The highest BCUT2D eigenvalue weighted by molar-refractivity contribution is 7.20. The average Bonchev–Trinajstić information content (AvgIpc) is 3.48. The highest BCUT2D eigenvalue weighted by Crippen LogP contribution is 2.31. The van der Waals surface area contributed by atoms with E-state index in [9.17, 15) is 4.79 Å². The molecule has 1 saturated heterocycles. The van der Waals surface area contributed by atoms with Crippen LogP contribution in [0.2, 0.25) is 0 Å². The molecule has 1 amide bonds. The van der Waals surface area contributed by atoms with Crippen molar-refractivity contribution in [3.8, 4) is 28.5 Å². The molecule has 1 N–H and O–H groups in total. The molecule has 3 heterocycles. The quantitative estimate of drug-likeness (QED) is 0.410. The summed E-state index contributed by atoms with van der Waals surface area (Å²) in [6, 6.07) is 13.2. The van der Waals surface area contributed by atoms with Crippen LogP contribution in [0.15, 0.2) is 48.7 Å². The maximum absolute atomic E-state index is 12.9. The van der Waals surface area contributed by atoms with Crippen molar-refractivity contribution in [2.75, 3.05) is 44.6 Å². The number of fused-ring (bicyclic) bond motifs is 1. The maximum Gasteiger partial charge on any atom is 0.227 e. The van der Waals surface area contributed by atoms with Crippen molar-refractivity contribution in [1.82, 2.24) is 14.6 Å². The van der Waals surface area contributed by atoms with E-state index >= 15 is 0 Å². The topological polar surface area (TPSA) is 90.2 Å². The van der Waals surface area contributed by atoms with Crippen LogP contribution in [0.1, 0.15) is 12.8 Å². The Labute approximate surface area is 207 Å². The first kappa shape index (κ1) is 23.0. The van der Waals surface area contributed by atoms with Gasteiger partial charge in [0.25, 0.3) is 0 Å². The Bertz CT molecular complexity index is 1270. The van der Waals surface area contributed by atoms with Crippen molar-refractivity contribution < 1.29 is 19.0 Å². The number of methoxy groups -OCH3 is 3. The van der Waals surface area contributed by atoms with Crippen LogP contribution in [0.5, 0.6) is 17.2 Å². The van der Waals surface area contributed by atoms with Crippen molar-refractivity contribution >= 4 is 33.0 Å². The molecule has 0 bridgehead atoms. The van der Waals surface area contributed by atoms with E-state index in [-0.39, 0.29) is 11.8 Å². The summed E-state index contributed by atoms with van der Waals surface area (Å²) in [5, 5.41) is 8.67. The van der Waals surface area contributed by atoms with E-state index in [4.69, 9.17) is 24.3 Å². The monoisotopic (exact) mass is 493 g/mol. The van der Waals surface area contributed by atoms with Crippen LogP contribution in [0.3, 0.4) is 0 Å². The van der Waals surface area contributed by atoms with E-state index in [0.29, 0.717) is 17.2 Å². The Hall–Kier alpha value is -3.79. The number of imidazole rings is 1. The lowest BCUT2D eigenvalue weighted by atomic mass is 9.96. The van der Waals surface area contributed by atoms with Gasteiger partial charge in [-0.2, -0.15) is 0 Å². The standard InChI is InChI=1S/C25H27N5O4S/c1-32-19-6-4-16(5-7-19)22-15-30-24(27-22)35-25(28-30)29-10-8-17(9-11-29)23(31)26-18-12-20(33-2)14-21(13-18)34-3/h4-7,12-15,17H,8-11H2,1-3H3,(H,26,31). The van der Waals surface area contributed by atoms with Gasteiger partial charge in [0, 0.05) is 48.5 Å². The fourth-order valence-corrected chi connectivity index (χ4v) is 5.11. The van der Waals surface area contributed by atoms with Gasteiger partial charge in [0.2, 0.25) is 16.0 Å². The van der Waals surface area contributed by atoms with Crippen LogP contribution in [-0.4, -0.2) is 54.9 Å². The average molecular weight is 494 g/mol. The second kappa shape index (κ2) is 9.83. The minimum atomic E-state index is -0.0610. The number of rotatable bonds is 7. The van der Waals surface area contributed by atoms with Gasteiger partial charge in [0.05, 0.1) is 33.2 Å². The van der Waals surface area contributed by atoms with E-state index in [2.05, 4.69) is 10.2 Å². The first-order valence-corrected chi connectivity index (χ1v) is 12.2. The van der Waals surface area contributed by atoms with Gasteiger partial charge in [-0.25, -0.2) is 9.50 Å². The number of nitrogens with one attached hydrogen (secondary N) is 1. The second-order valence-electron chi connectivity index (χ2n) is 8.32. The van der Waals surface area contributed by atoms with Crippen molar-refractivity contribution in [3.63, 3.8) is 0 Å². The molecular formula is C25H27N5O4S. The molecule has 0 atom stereocenters. The van der Waals surface area contributed by atoms with Crippen LogP contribution in [-0.2, 0) is 4.79 Å². The predicted molar refractivity (Wildman–Crippen MR) is 136 cm³/mol. The molecule has 1 aliphatic heterocycles. The molecular weight excluding hydrogens is 466 g/mol. The minimum Gasteiger partial charge on any atom is -0.497 e. The Kier molecular flexibility index (Phi) is 6.45. The fourth-order valence-electron chi connectivity index (χ4n) is 4.18. The lowest BCUT2D eigenvalue weighted by Crippen LogP contribution is -2.38. The second-order valence-corrected chi connectivity index (χ2v) is 9.25. The number of benzene rings is 2. The first-order valence-electron chi connectivity index (χ1n) is 11.4. The van der Waals surface area contributed by atoms with E-state index in [1.165, 1.54) is 0 Å². The van der Waals surface area contributed by atoms with E-state index < -0.39 is 0 Å². The summed E-state index contributed by atoms with van der Waals surface area (Å²) in [6.45, 7) is 1.53. The van der Waals surface area contributed by atoms with Gasteiger partial charge in [0.15, 0.2) is 0 Å². The van der Waals surface area contributed by atoms with E-state index in [0.717, 1.165) is 53.0 Å². The number of hydrogen-bond donors (Lipinski definition) is 1. The summed E-state index contributed by atoms with van der Waals surface area (Å²) >= 11 is 1.56. The highest BCUT2D eigenvalue weighted by atomic mass is 32.1. The first-order chi connectivity index (χ1) is 17.1. The Morgan fingerprint density at radius 1 is 0.971 bits per heavy atom. The molecule has 5 rings (SSSR count). The molecule has 10 heteroatoms. The van der Waals surface area contributed by atoms with Gasteiger partial charge in [-0.15, -0.1) is 5.10 Å². The number of nitrogens with zero attached hydrogens (tertiary/aromatic N) is 4. The fraction of sp³-hybridized carbons (Fsp3) is 0.320. The number of carbonyl (C=O) groups is 1. The third-order valence-corrected chi connectivity index (χ3v) is 7.16. The summed E-state index contributed by atoms with van der Waals surface area (Å²) in [6.07, 6.45) is 3.46. The number of anilines is 2. The molecule has 182 valence electrons. The van der Waals surface area contributed by atoms with Gasteiger partial charge >= 0.3 is 0 Å². The van der Waals surface area contributed by atoms with Crippen molar-refractivity contribution in [2.24, 2.45) is 5.92 Å². The highest BCUT2D eigenvalue weighted by Gasteiger charge is 2.27. The van der Waals surface area contributed by atoms with E-state index in [1.54, 1.807) is 50.9 Å². The van der Waals surface area contributed by atoms with Crippen LogP contribution in [0, 0.1) is 5.92 Å². The molecule has 4 aromatic rings. The van der Waals surface area contributed by atoms with Crippen molar-refractivity contribution in [2.45, 2.75) is 12.8 Å². The molecule has 2 aromatic heterocycles. The summed E-state index contributed by atoms with van der Waals surface area (Å²) in [4.78, 5) is 20.7. The summed E-state index contributed by atoms with van der Waals surface area (Å²) in [5.41, 5.74) is 2.57. The van der Waals surface area contributed by atoms with Crippen LogP contribution in [0.25, 0.3) is 16.2 Å². The lowest BCUT2D eigenvalue weighted by Gasteiger charge is -2.30. The van der Waals surface area contributed by atoms with Crippen LogP contribution >= 0.6 is 11.3 Å². The summed E-state index contributed by atoms with van der Waals surface area (Å²) < 4.78 is 17.6. The Balaban J connectivity index is 1.21. The molecule has 0 spiro atoms. The van der Waals surface area contributed by atoms with E-state index in [1.807, 2.05) is 35.0 Å². The Morgan fingerprint density at radius 2 is 1.63 bits per heavy atom. The molecule has 1 aliphatic rings. The third kappa shape index (κ3) is 4.88. The van der Waals surface area contributed by atoms with Crippen LogP contribution < -0.4 is 24.4 Å². The Morgan fingerprint density at radius 3 is 2.23 bits per heavy atom. The molecule has 35 heavy (non-hydrogen) atoms. The number of hydrogen-bond acceptors (Lipinski definition) is 8. The minimum absolute atomic E-state index is 0.0121. The lowest BCUT2D eigenvalue weighted by molar-refractivity contribution is -0.120. The number of carbonyl (C=O) groups excluding carboxylic acids is 1. The third-order valence-electron chi connectivity index (χ3n) is 6.17. The molecule has 0 unspecified atom stereocenters. The number of piperidine rings is 1. The number of ether oxygens (including phenoxy) is 3. The zero-order valence-corrected chi connectivity index (χ0v) is 20.7. The van der Waals surface area contributed by atoms with Crippen molar-refractivity contribution in [1.29, 1.82) is 0 Å². The van der Waals surface area contributed by atoms with Gasteiger partial charge in [-0.3, -0.25) is 4.79 Å². The molecule has 9 nitrogen and oxygen atoms in total. The van der Waals surface area contributed by atoms with Gasteiger partial charge in [-0.05, 0) is 37.1 Å². The largest absolute Gasteiger partial charge is 0.497 e. The number of amides is 1. The van der Waals surface area contributed by atoms with Crippen LogP contribution in [0.4, 0.5) is 10.8 Å². The van der Waals surface area contributed by atoms with Gasteiger partial charge in [-0.1, -0.05) is 11.3 Å². The molecule has 2 aromatic carbocycles. The zero-order chi connectivity index (χ0) is 24.4. The summed E-state index contributed by atoms with van der Waals surface area (Å²) in [7, 11) is 4.83. The molecule has 1 fully saturated rings. The molecule has 0 aliphatic carbocycles. The SMILES string of the molecule is COc1ccc(-c2cn3nc(N4CCC(C(=O)Nc5cc(OC)cc(OC)c5)CC4)sc3n2)cc1. The van der Waals surface area contributed by atoms with Gasteiger partial charge in [0.1, 0.15) is 17.2 Å². The number of aromatic nitrogens is 3. The van der Waals surface area contributed by atoms with Gasteiger partial charge < -0.3 is 24.4 Å². The zero-order valence-electron chi connectivity index (χ0n) is 19.9. The smallest absolute Gasteiger partial charge is 0.227 e. The molecule has 0 radical (unpaired) electrons.